The topological polar surface area (TPSA) is 67.7 Å². The molecule has 2 aliphatic rings. The van der Waals surface area contributed by atoms with E-state index in [1.54, 1.807) is 33.9 Å². The van der Waals surface area contributed by atoms with E-state index in [1.165, 1.54) is 6.07 Å². The van der Waals surface area contributed by atoms with Gasteiger partial charge >= 0.3 is 6.18 Å². The third-order valence-electron chi connectivity index (χ3n) is 7.39. The van der Waals surface area contributed by atoms with Gasteiger partial charge in [0.15, 0.2) is 0 Å². The number of Topliss-reactive ketones (excluding diaryl/α,β-unsaturated/α-hetero) is 1. The Morgan fingerprint density at radius 1 is 1.17 bits per heavy atom. The van der Waals surface area contributed by atoms with E-state index in [0.29, 0.717) is 62.1 Å². The van der Waals surface area contributed by atoms with Crippen molar-refractivity contribution in [3.63, 3.8) is 0 Å². The molecule has 0 saturated carbocycles. The molecule has 0 aliphatic carbocycles. The number of ether oxygens (including phenoxy) is 1. The van der Waals surface area contributed by atoms with E-state index < -0.39 is 17.5 Å². The van der Waals surface area contributed by atoms with Crippen molar-refractivity contribution in [2.24, 2.45) is 5.92 Å². The van der Waals surface area contributed by atoms with E-state index in [9.17, 15) is 22.8 Å². The number of hydrogen-bond donors (Lipinski definition) is 0. The van der Waals surface area contributed by atoms with Gasteiger partial charge in [-0.3, -0.25) is 14.5 Å². The number of halogens is 3. The van der Waals surface area contributed by atoms with Crippen LogP contribution in [0.25, 0.3) is 0 Å². The lowest BCUT2D eigenvalue weighted by molar-refractivity contribution is -0.0894. The maximum absolute atomic E-state index is 13.2. The summed E-state index contributed by atoms with van der Waals surface area (Å²) < 4.78 is 46.8. The van der Waals surface area contributed by atoms with E-state index in [-0.39, 0.29) is 17.6 Å². The first-order chi connectivity index (χ1) is 16.9. The Kier molecular flexibility index (Phi) is 7.19. The number of pyridine rings is 1. The van der Waals surface area contributed by atoms with Crippen LogP contribution in [0, 0.1) is 5.92 Å². The second-order valence-corrected chi connectivity index (χ2v) is 10.3. The summed E-state index contributed by atoms with van der Waals surface area (Å²) in [4.78, 5) is 33.4. The highest BCUT2D eigenvalue weighted by Crippen LogP contribution is 2.44. The van der Waals surface area contributed by atoms with Gasteiger partial charge < -0.3 is 14.2 Å². The normalized spacial score (nSPS) is 20.0. The fourth-order valence-corrected chi connectivity index (χ4v) is 5.37. The molecule has 196 valence electrons. The highest BCUT2D eigenvalue weighted by Gasteiger charge is 2.49. The van der Waals surface area contributed by atoms with Crippen LogP contribution in [-0.2, 0) is 5.54 Å². The zero-order valence-corrected chi connectivity index (χ0v) is 21.1. The average Bonchev–Trinajstić information content (AvgIpc) is 3.28. The monoisotopic (exact) mass is 506 g/mol. The minimum atomic E-state index is -4.93. The molecule has 1 saturated heterocycles. The molecule has 1 spiro atoms. The number of carbonyl (C=O) groups is 2. The van der Waals surface area contributed by atoms with Crippen LogP contribution in [0.5, 0.6) is 5.75 Å². The Balaban J connectivity index is 1.48. The molecule has 2 aromatic heterocycles. The first-order valence-corrected chi connectivity index (χ1v) is 12.4. The van der Waals surface area contributed by atoms with Crippen molar-refractivity contribution in [1.82, 2.24) is 19.4 Å². The molecule has 4 heterocycles. The number of aromatic nitrogens is 2. The second-order valence-electron chi connectivity index (χ2n) is 10.3. The molecular formula is C26H33F3N4O3. The predicted molar refractivity (Wildman–Crippen MR) is 128 cm³/mol. The number of alkyl halides is 3. The third-order valence-corrected chi connectivity index (χ3v) is 7.39. The van der Waals surface area contributed by atoms with Gasteiger partial charge in [0.25, 0.3) is 11.7 Å². The van der Waals surface area contributed by atoms with Gasteiger partial charge in [-0.15, -0.1) is 0 Å². The maximum atomic E-state index is 13.2. The lowest BCUT2D eigenvalue weighted by atomic mass is 9.80. The Hall–Kier alpha value is -2.88. The number of carbonyl (C=O) groups excluding carboxylic acids is 2. The van der Waals surface area contributed by atoms with Gasteiger partial charge in [0.05, 0.1) is 24.0 Å². The zero-order valence-electron chi connectivity index (χ0n) is 21.1. The summed E-state index contributed by atoms with van der Waals surface area (Å²) in [6, 6.07) is 6.05. The Labute approximate surface area is 209 Å². The molecule has 0 bridgehead atoms. The zero-order chi connectivity index (χ0) is 26.3. The van der Waals surface area contributed by atoms with Crippen LogP contribution >= 0.6 is 0 Å². The summed E-state index contributed by atoms with van der Waals surface area (Å²) in [6.45, 7) is 8.02. The van der Waals surface area contributed by atoms with Crippen molar-refractivity contribution in [3.05, 3.63) is 47.5 Å². The van der Waals surface area contributed by atoms with Crippen molar-refractivity contribution in [1.29, 1.82) is 0 Å². The minimum Gasteiger partial charge on any atom is -0.492 e. The van der Waals surface area contributed by atoms with Crippen molar-refractivity contribution >= 4 is 11.7 Å². The van der Waals surface area contributed by atoms with Crippen molar-refractivity contribution < 1.29 is 27.5 Å². The quantitative estimate of drug-likeness (QED) is 0.532. The number of likely N-dealkylation sites (N-methyl/N-ethyl adjacent to an activating group) is 1. The molecule has 1 fully saturated rings. The Morgan fingerprint density at radius 3 is 2.44 bits per heavy atom. The van der Waals surface area contributed by atoms with Crippen LogP contribution in [0.15, 0.2) is 30.5 Å². The highest BCUT2D eigenvalue weighted by atomic mass is 19.4. The van der Waals surface area contributed by atoms with Crippen LogP contribution in [0.3, 0.4) is 0 Å². The van der Waals surface area contributed by atoms with Gasteiger partial charge in [-0.1, -0.05) is 13.8 Å². The molecule has 7 nitrogen and oxygen atoms in total. The van der Waals surface area contributed by atoms with Gasteiger partial charge in [-0.2, -0.15) is 13.2 Å². The van der Waals surface area contributed by atoms with Gasteiger partial charge in [0.2, 0.25) is 0 Å². The van der Waals surface area contributed by atoms with E-state index in [0.717, 1.165) is 6.42 Å². The fourth-order valence-electron chi connectivity index (χ4n) is 5.37. The molecule has 0 unspecified atom stereocenters. The summed E-state index contributed by atoms with van der Waals surface area (Å²) >= 11 is 0. The van der Waals surface area contributed by atoms with Crippen LogP contribution in [0.1, 0.15) is 72.7 Å². The minimum absolute atomic E-state index is 0.186. The molecule has 10 heteroatoms. The van der Waals surface area contributed by atoms with Crippen molar-refractivity contribution in [3.8, 4) is 5.75 Å². The van der Waals surface area contributed by atoms with E-state index in [1.807, 2.05) is 14.0 Å². The number of hydrogen-bond acceptors (Lipinski definition) is 5. The van der Waals surface area contributed by atoms with E-state index in [4.69, 9.17) is 4.74 Å². The smallest absolute Gasteiger partial charge is 0.456 e. The van der Waals surface area contributed by atoms with E-state index in [2.05, 4.69) is 23.7 Å². The van der Waals surface area contributed by atoms with Gasteiger partial charge in [-0.25, -0.2) is 4.98 Å². The summed E-state index contributed by atoms with van der Waals surface area (Å²) in [5.41, 5.74) is 0.157. The summed E-state index contributed by atoms with van der Waals surface area (Å²) in [5.74, 6) is -0.857. The molecule has 1 atom stereocenters. The lowest BCUT2D eigenvalue weighted by Gasteiger charge is -2.52. The van der Waals surface area contributed by atoms with Crippen LogP contribution in [0.4, 0.5) is 13.2 Å². The van der Waals surface area contributed by atoms with Crippen LogP contribution in [-0.4, -0.2) is 70.5 Å². The molecule has 4 rings (SSSR count). The van der Waals surface area contributed by atoms with Crippen LogP contribution < -0.4 is 4.74 Å². The molecule has 2 aliphatic heterocycles. The third kappa shape index (κ3) is 4.87. The fraction of sp³-hybridized carbons (Fsp3) is 0.577. The van der Waals surface area contributed by atoms with Crippen LogP contribution in [0.2, 0.25) is 0 Å². The molecule has 0 radical (unpaired) electrons. The standard InChI is InChI=1S/C26H33F3N4O3/c1-17(2)9-14-36-19-5-6-20(30-15-19)24(35)32-12-10-25(11-13-32)22-8-7-21(23(34)26(27,28)29)33(22)18(3)16-31(25)4/h5-8,15,17-18H,9-14,16H2,1-4H3/t18-/m1/s1. The summed E-state index contributed by atoms with van der Waals surface area (Å²) in [7, 11) is 1.95. The van der Waals surface area contributed by atoms with Gasteiger partial charge in [0.1, 0.15) is 11.4 Å². The molecular weight excluding hydrogens is 473 g/mol. The van der Waals surface area contributed by atoms with Crippen molar-refractivity contribution in [2.45, 2.75) is 57.8 Å². The molecule has 0 aromatic carbocycles. The first kappa shape index (κ1) is 26.2. The van der Waals surface area contributed by atoms with Crippen molar-refractivity contribution in [2.75, 3.05) is 33.3 Å². The second kappa shape index (κ2) is 9.88. The number of piperidine rings is 1. The lowest BCUT2D eigenvalue weighted by Crippen LogP contribution is -2.57. The number of rotatable bonds is 6. The average molecular weight is 507 g/mol. The number of amides is 1. The number of likely N-dealkylation sites (tertiary alicyclic amines) is 1. The summed E-state index contributed by atoms with van der Waals surface area (Å²) in [5, 5.41) is 0. The first-order valence-electron chi connectivity index (χ1n) is 12.4. The molecule has 1 amide bonds. The van der Waals surface area contributed by atoms with Gasteiger partial charge in [0, 0.05) is 31.4 Å². The molecule has 36 heavy (non-hydrogen) atoms. The van der Waals surface area contributed by atoms with E-state index >= 15 is 0 Å². The molecule has 2 aromatic rings. The number of fused-ring (bicyclic) bond motifs is 2. The predicted octanol–water partition coefficient (Wildman–Crippen LogP) is 4.69. The maximum Gasteiger partial charge on any atom is 0.456 e. The number of nitrogens with zero attached hydrogens (tertiary/aromatic N) is 4. The number of ketones is 1. The Bertz CT molecular complexity index is 1100. The SMILES string of the molecule is CC(C)CCOc1ccc(C(=O)N2CCC3(CC2)c2ccc(C(=O)C(F)(F)F)n2[C@H](C)CN3C)nc1. The highest BCUT2D eigenvalue weighted by molar-refractivity contribution is 5.99. The Morgan fingerprint density at radius 2 is 1.86 bits per heavy atom. The largest absolute Gasteiger partial charge is 0.492 e. The van der Waals surface area contributed by atoms with Gasteiger partial charge in [-0.05, 0) is 63.4 Å². The summed E-state index contributed by atoms with van der Waals surface area (Å²) in [6.07, 6.45) is -1.35. The molecule has 0 N–H and O–H groups in total.